The predicted octanol–water partition coefficient (Wildman–Crippen LogP) is 3.73. The molecule has 1 amide bonds. The van der Waals surface area contributed by atoms with E-state index in [-0.39, 0.29) is 23.0 Å². The lowest BCUT2D eigenvalue weighted by atomic mass is 10.2. The highest BCUT2D eigenvalue weighted by Gasteiger charge is 2.16. The van der Waals surface area contributed by atoms with E-state index in [1.54, 1.807) is 12.1 Å². The van der Waals surface area contributed by atoms with Gasteiger partial charge in [0.15, 0.2) is 5.82 Å². The number of H-pyrrole nitrogens is 1. The van der Waals surface area contributed by atoms with Crippen LogP contribution in [0.15, 0.2) is 24.4 Å². The summed E-state index contributed by atoms with van der Waals surface area (Å²) in [4.78, 5) is 23.8. The molecule has 0 fully saturated rings. The number of thiazole rings is 1. The normalized spacial score (nSPS) is 11.8. The van der Waals surface area contributed by atoms with Crippen molar-refractivity contribution in [3.05, 3.63) is 40.1 Å². The van der Waals surface area contributed by atoms with Gasteiger partial charge in [0.1, 0.15) is 15.4 Å². The molecule has 0 aliphatic heterocycles. The monoisotopic (exact) mass is 348 g/mol. The fourth-order valence-corrected chi connectivity index (χ4v) is 2.71. The van der Waals surface area contributed by atoms with Crippen LogP contribution in [-0.2, 0) is 11.3 Å². The number of fused-ring (bicyclic) bond motifs is 1. The number of aromatic nitrogens is 3. The van der Waals surface area contributed by atoms with Crippen LogP contribution >= 0.6 is 11.3 Å². The van der Waals surface area contributed by atoms with Crippen LogP contribution in [0.2, 0.25) is 0 Å². The average molecular weight is 348 g/mol. The number of anilines is 1. The summed E-state index contributed by atoms with van der Waals surface area (Å²) >= 11 is 1.25. The molecule has 0 saturated heterocycles. The summed E-state index contributed by atoms with van der Waals surface area (Å²) in [5.41, 5.74) is 0.442. The molecule has 8 heteroatoms. The molecule has 126 valence electrons. The van der Waals surface area contributed by atoms with Crippen molar-refractivity contribution in [1.82, 2.24) is 15.0 Å². The van der Waals surface area contributed by atoms with E-state index in [1.807, 2.05) is 20.8 Å². The molecule has 0 unspecified atom stereocenters. The van der Waals surface area contributed by atoms with Gasteiger partial charge in [-0.1, -0.05) is 6.07 Å². The number of nitrogens with zero attached hydrogens (tertiary/aromatic N) is 2. The summed E-state index contributed by atoms with van der Waals surface area (Å²) in [5.74, 6) is -0.599. The molecular formula is C16H17FN4O2S. The van der Waals surface area contributed by atoms with Crippen molar-refractivity contribution >= 4 is 34.2 Å². The number of amides is 1. The number of halogens is 1. The van der Waals surface area contributed by atoms with Crippen LogP contribution in [0.1, 0.15) is 35.5 Å². The van der Waals surface area contributed by atoms with Crippen LogP contribution in [0.25, 0.3) is 11.0 Å². The second-order valence-electron chi connectivity index (χ2n) is 6.19. The molecule has 1 aromatic carbocycles. The lowest BCUT2D eigenvalue weighted by Gasteiger charge is -2.18. The predicted molar refractivity (Wildman–Crippen MR) is 90.7 cm³/mol. The smallest absolute Gasteiger partial charge is 0.269 e. The molecule has 3 rings (SSSR count). The number of hydrogen-bond acceptors (Lipinski definition) is 5. The first kappa shape index (κ1) is 16.5. The summed E-state index contributed by atoms with van der Waals surface area (Å²) in [6.45, 7) is 6.20. The number of para-hydroxylation sites is 1. The number of rotatable bonds is 4. The van der Waals surface area contributed by atoms with Gasteiger partial charge in [0.25, 0.3) is 5.91 Å². The highest BCUT2D eigenvalue weighted by Crippen LogP contribution is 2.20. The van der Waals surface area contributed by atoms with Crippen LogP contribution < -0.4 is 5.32 Å². The van der Waals surface area contributed by atoms with E-state index in [0.29, 0.717) is 22.0 Å². The maximum Gasteiger partial charge on any atom is 0.269 e. The third-order valence-electron chi connectivity index (χ3n) is 3.10. The van der Waals surface area contributed by atoms with Gasteiger partial charge in [0.2, 0.25) is 5.95 Å². The molecule has 24 heavy (non-hydrogen) atoms. The second kappa shape index (κ2) is 6.29. The molecular weight excluding hydrogens is 331 g/mol. The molecule has 0 radical (unpaired) electrons. The third-order valence-corrected chi connectivity index (χ3v) is 4.07. The summed E-state index contributed by atoms with van der Waals surface area (Å²) in [5, 5.41) is 3.33. The molecule has 0 aliphatic rings. The first-order valence-corrected chi connectivity index (χ1v) is 8.18. The van der Waals surface area contributed by atoms with Crippen molar-refractivity contribution in [2.75, 3.05) is 5.32 Å². The summed E-state index contributed by atoms with van der Waals surface area (Å²) in [6.07, 6.45) is 1.49. The van der Waals surface area contributed by atoms with Crippen LogP contribution in [0.5, 0.6) is 0 Å². The molecule has 0 spiro atoms. The van der Waals surface area contributed by atoms with Crippen LogP contribution in [0.4, 0.5) is 10.3 Å². The Morgan fingerprint density at radius 3 is 2.92 bits per heavy atom. The van der Waals surface area contributed by atoms with E-state index < -0.39 is 5.82 Å². The molecule has 2 heterocycles. The minimum Gasteiger partial charge on any atom is -0.369 e. The average Bonchev–Trinajstić information content (AvgIpc) is 3.11. The fraction of sp³-hybridized carbons (Fsp3) is 0.312. The molecule has 0 aliphatic carbocycles. The lowest BCUT2D eigenvalue weighted by molar-refractivity contribution is -0.0150. The van der Waals surface area contributed by atoms with Crippen molar-refractivity contribution < 1.29 is 13.9 Å². The zero-order valence-corrected chi connectivity index (χ0v) is 14.3. The first-order chi connectivity index (χ1) is 11.3. The van der Waals surface area contributed by atoms with Crippen molar-refractivity contribution in [3.63, 3.8) is 0 Å². The fourth-order valence-electron chi connectivity index (χ4n) is 1.99. The van der Waals surface area contributed by atoms with Crippen molar-refractivity contribution in [1.29, 1.82) is 0 Å². The number of aromatic amines is 1. The Labute approximate surface area is 142 Å². The molecule has 2 aromatic heterocycles. The molecule has 6 nitrogen and oxygen atoms in total. The Morgan fingerprint density at radius 1 is 1.42 bits per heavy atom. The number of hydrogen-bond donors (Lipinski definition) is 2. The molecule has 0 atom stereocenters. The van der Waals surface area contributed by atoms with E-state index in [0.717, 1.165) is 0 Å². The molecule has 3 aromatic rings. The standard InChI is InChI=1S/C16H17FN4O2S/c1-16(2,3)23-8-12-18-7-11(24-12)14(22)21-15-19-10-6-4-5-9(17)13(10)20-15/h4-7H,8H2,1-3H3,(H2,19,20,21,22). The van der Waals surface area contributed by atoms with Crippen molar-refractivity contribution in [2.45, 2.75) is 33.0 Å². The number of carbonyl (C=O) groups is 1. The topological polar surface area (TPSA) is 79.9 Å². The van der Waals surface area contributed by atoms with Gasteiger partial charge in [-0.05, 0) is 32.9 Å². The minimum atomic E-state index is -0.441. The number of ether oxygens (including phenoxy) is 1. The van der Waals surface area contributed by atoms with Crippen LogP contribution in [0.3, 0.4) is 0 Å². The van der Waals surface area contributed by atoms with E-state index in [2.05, 4.69) is 20.3 Å². The Bertz CT molecular complexity index is 882. The highest BCUT2D eigenvalue weighted by molar-refractivity contribution is 7.13. The van der Waals surface area contributed by atoms with Gasteiger partial charge >= 0.3 is 0 Å². The Morgan fingerprint density at radius 2 is 2.21 bits per heavy atom. The number of benzene rings is 1. The SMILES string of the molecule is CC(C)(C)OCc1ncc(C(=O)Nc2nc3c(F)cccc3[nH]2)s1. The van der Waals surface area contributed by atoms with E-state index >= 15 is 0 Å². The van der Waals surface area contributed by atoms with Gasteiger partial charge < -0.3 is 9.72 Å². The molecule has 0 saturated carbocycles. The van der Waals surface area contributed by atoms with Gasteiger partial charge in [-0.3, -0.25) is 10.1 Å². The Kier molecular flexibility index (Phi) is 4.33. The largest absolute Gasteiger partial charge is 0.369 e. The second-order valence-corrected chi connectivity index (χ2v) is 7.31. The Balaban J connectivity index is 1.70. The number of nitrogens with one attached hydrogen (secondary N) is 2. The zero-order valence-electron chi connectivity index (χ0n) is 13.5. The quantitative estimate of drug-likeness (QED) is 0.753. The van der Waals surface area contributed by atoms with Gasteiger partial charge in [-0.2, -0.15) is 0 Å². The highest BCUT2D eigenvalue weighted by atomic mass is 32.1. The zero-order chi connectivity index (χ0) is 17.3. The van der Waals surface area contributed by atoms with Crippen molar-refractivity contribution in [3.8, 4) is 0 Å². The van der Waals surface area contributed by atoms with E-state index in [1.165, 1.54) is 23.6 Å². The van der Waals surface area contributed by atoms with E-state index in [4.69, 9.17) is 4.74 Å². The Hall–Kier alpha value is -2.32. The van der Waals surface area contributed by atoms with Gasteiger partial charge in [-0.15, -0.1) is 11.3 Å². The minimum absolute atomic E-state index is 0.191. The van der Waals surface area contributed by atoms with Gasteiger partial charge in [0, 0.05) is 0 Å². The maximum atomic E-state index is 13.6. The van der Waals surface area contributed by atoms with E-state index in [9.17, 15) is 9.18 Å². The summed E-state index contributed by atoms with van der Waals surface area (Å²) < 4.78 is 19.3. The maximum absolute atomic E-state index is 13.6. The molecule has 2 N–H and O–H groups in total. The van der Waals surface area contributed by atoms with Gasteiger partial charge in [0.05, 0.1) is 23.9 Å². The number of carbonyl (C=O) groups excluding carboxylic acids is 1. The third kappa shape index (κ3) is 3.77. The number of imidazole rings is 1. The van der Waals surface area contributed by atoms with Crippen LogP contribution in [0, 0.1) is 5.82 Å². The lowest BCUT2D eigenvalue weighted by Crippen LogP contribution is -2.18. The summed E-state index contributed by atoms with van der Waals surface area (Å²) in [7, 11) is 0. The van der Waals surface area contributed by atoms with Gasteiger partial charge in [-0.25, -0.2) is 14.4 Å². The van der Waals surface area contributed by atoms with Crippen LogP contribution in [-0.4, -0.2) is 26.5 Å². The summed E-state index contributed by atoms with van der Waals surface area (Å²) in [6, 6.07) is 4.58. The first-order valence-electron chi connectivity index (χ1n) is 7.36. The molecule has 0 bridgehead atoms. The van der Waals surface area contributed by atoms with Crippen molar-refractivity contribution in [2.24, 2.45) is 0 Å².